The van der Waals surface area contributed by atoms with E-state index >= 15 is 0 Å². The van der Waals surface area contributed by atoms with Crippen LogP contribution in [0.5, 0.6) is 0 Å². The van der Waals surface area contributed by atoms with Gasteiger partial charge in [-0.05, 0) is 0 Å². The monoisotopic (exact) mass is 255 g/mol. The van der Waals surface area contributed by atoms with Crippen LogP contribution in [-0.4, -0.2) is 58.6 Å². The molecule has 5 nitrogen and oxygen atoms in total. The lowest BCUT2D eigenvalue weighted by molar-refractivity contribution is -0.137. The predicted molar refractivity (Wildman–Crippen MR) is 66.1 cm³/mol. The van der Waals surface area contributed by atoms with Gasteiger partial charge in [-0.2, -0.15) is 0 Å². The molecular weight excluding hydrogens is 238 g/mol. The Balaban J connectivity index is 1.69. The van der Waals surface area contributed by atoms with Gasteiger partial charge in [-0.25, -0.2) is 0 Å². The average molecular weight is 255 g/mol. The summed E-state index contributed by atoms with van der Waals surface area (Å²) >= 11 is 1.69. The molecule has 0 unspecified atom stereocenters. The molecule has 2 heterocycles. The average Bonchev–Trinajstić information content (AvgIpc) is 2.81. The van der Waals surface area contributed by atoms with Crippen molar-refractivity contribution in [2.45, 2.75) is 13.0 Å². The highest BCUT2D eigenvalue weighted by Crippen LogP contribution is 2.11. The molecule has 1 N–H and O–H groups in total. The standard InChI is InChI=1S/C11H17N3O2S/c15-11(16)1-2-13-3-5-14(6-4-13)8-10-7-12-9-17-10/h7,9H,1-6,8H2,(H,15,16). The Morgan fingerprint density at radius 2 is 2.06 bits per heavy atom. The molecular formula is C11H17N3O2S. The maximum absolute atomic E-state index is 10.5. The lowest BCUT2D eigenvalue weighted by Crippen LogP contribution is -2.46. The number of carboxylic acid groups (broad SMARTS) is 1. The summed E-state index contributed by atoms with van der Waals surface area (Å²) in [5.41, 5.74) is 1.86. The van der Waals surface area contributed by atoms with E-state index in [1.165, 1.54) is 4.88 Å². The quantitative estimate of drug-likeness (QED) is 0.841. The third-order valence-electron chi connectivity index (χ3n) is 2.97. The zero-order chi connectivity index (χ0) is 12.1. The molecule has 1 fully saturated rings. The van der Waals surface area contributed by atoms with Crippen LogP contribution in [0.1, 0.15) is 11.3 Å². The molecule has 0 bridgehead atoms. The zero-order valence-corrected chi connectivity index (χ0v) is 10.5. The fraction of sp³-hybridized carbons (Fsp3) is 0.636. The number of carbonyl (C=O) groups is 1. The molecule has 0 radical (unpaired) electrons. The van der Waals surface area contributed by atoms with Crippen LogP contribution in [0.25, 0.3) is 0 Å². The molecule has 1 aliphatic rings. The fourth-order valence-corrected chi connectivity index (χ4v) is 2.60. The van der Waals surface area contributed by atoms with Crippen molar-refractivity contribution in [2.75, 3.05) is 32.7 Å². The Hall–Kier alpha value is -0.980. The van der Waals surface area contributed by atoms with Gasteiger partial charge in [0.15, 0.2) is 0 Å². The molecule has 1 aromatic rings. The van der Waals surface area contributed by atoms with Gasteiger partial charge in [0.25, 0.3) is 0 Å². The van der Waals surface area contributed by atoms with Crippen molar-refractivity contribution in [3.63, 3.8) is 0 Å². The van der Waals surface area contributed by atoms with E-state index in [-0.39, 0.29) is 6.42 Å². The van der Waals surface area contributed by atoms with Gasteiger partial charge in [0.1, 0.15) is 0 Å². The van der Waals surface area contributed by atoms with E-state index in [4.69, 9.17) is 5.11 Å². The summed E-state index contributed by atoms with van der Waals surface area (Å²) in [4.78, 5) is 20.5. The molecule has 94 valence electrons. The van der Waals surface area contributed by atoms with Crippen LogP contribution in [-0.2, 0) is 11.3 Å². The first kappa shape index (κ1) is 12.5. The van der Waals surface area contributed by atoms with Crippen molar-refractivity contribution in [3.05, 3.63) is 16.6 Å². The third-order valence-corrected chi connectivity index (χ3v) is 3.73. The maximum atomic E-state index is 10.5. The summed E-state index contributed by atoms with van der Waals surface area (Å²) in [6, 6.07) is 0. The highest BCUT2D eigenvalue weighted by molar-refractivity contribution is 7.09. The van der Waals surface area contributed by atoms with Gasteiger partial charge in [-0.3, -0.25) is 14.7 Å². The summed E-state index contributed by atoms with van der Waals surface area (Å²) in [6.45, 7) is 5.59. The highest BCUT2D eigenvalue weighted by Gasteiger charge is 2.17. The molecule has 0 saturated carbocycles. The Kier molecular flexibility index (Phi) is 4.47. The number of piperazine rings is 1. The Morgan fingerprint density at radius 3 is 2.65 bits per heavy atom. The van der Waals surface area contributed by atoms with E-state index in [9.17, 15) is 4.79 Å². The maximum Gasteiger partial charge on any atom is 0.304 e. The number of hydrogen-bond acceptors (Lipinski definition) is 5. The first-order chi connectivity index (χ1) is 8.24. The number of thiazole rings is 1. The van der Waals surface area contributed by atoms with E-state index in [0.29, 0.717) is 6.54 Å². The number of nitrogens with zero attached hydrogens (tertiary/aromatic N) is 3. The van der Waals surface area contributed by atoms with Gasteiger partial charge >= 0.3 is 5.97 Å². The van der Waals surface area contributed by atoms with Crippen molar-refractivity contribution in [2.24, 2.45) is 0 Å². The molecule has 2 rings (SSSR count). The van der Waals surface area contributed by atoms with Crippen LogP contribution in [0.4, 0.5) is 0 Å². The van der Waals surface area contributed by atoms with E-state index < -0.39 is 5.97 Å². The van der Waals surface area contributed by atoms with Crippen LogP contribution >= 0.6 is 11.3 Å². The van der Waals surface area contributed by atoms with E-state index in [2.05, 4.69) is 14.8 Å². The summed E-state index contributed by atoms with van der Waals surface area (Å²) in [7, 11) is 0. The van der Waals surface area contributed by atoms with Crippen molar-refractivity contribution >= 4 is 17.3 Å². The van der Waals surface area contributed by atoms with Crippen LogP contribution in [0.15, 0.2) is 11.7 Å². The molecule has 1 saturated heterocycles. The van der Waals surface area contributed by atoms with Gasteiger partial charge in [0, 0.05) is 50.3 Å². The topological polar surface area (TPSA) is 56.7 Å². The summed E-state index contributed by atoms with van der Waals surface area (Å²) in [5.74, 6) is -0.711. The predicted octanol–water partition coefficient (Wildman–Crippen LogP) is 0.735. The van der Waals surface area contributed by atoms with Crippen molar-refractivity contribution < 1.29 is 9.90 Å². The Morgan fingerprint density at radius 1 is 1.35 bits per heavy atom. The van der Waals surface area contributed by atoms with Gasteiger partial charge in [0.2, 0.25) is 0 Å². The normalized spacial score (nSPS) is 18.4. The smallest absolute Gasteiger partial charge is 0.304 e. The molecule has 1 aromatic heterocycles. The summed E-state index contributed by atoms with van der Waals surface area (Å²) in [6.07, 6.45) is 2.16. The number of aromatic nitrogens is 1. The summed E-state index contributed by atoms with van der Waals surface area (Å²) in [5, 5.41) is 8.62. The van der Waals surface area contributed by atoms with Gasteiger partial charge in [0.05, 0.1) is 11.9 Å². The second-order valence-corrected chi connectivity index (χ2v) is 5.20. The van der Waals surface area contributed by atoms with Crippen LogP contribution < -0.4 is 0 Å². The highest BCUT2D eigenvalue weighted by atomic mass is 32.1. The van der Waals surface area contributed by atoms with Crippen molar-refractivity contribution in [3.8, 4) is 0 Å². The van der Waals surface area contributed by atoms with E-state index in [1.54, 1.807) is 11.3 Å². The van der Waals surface area contributed by atoms with Crippen molar-refractivity contribution in [1.82, 2.24) is 14.8 Å². The summed E-state index contributed by atoms with van der Waals surface area (Å²) < 4.78 is 0. The van der Waals surface area contributed by atoms with Gasteiger partial charge < -0.3 is 10.0 Å². The number of rotatable bonds is 5. The van der Waals surface area contributed by atoms with Crippen LogP contribution in [0.3, 0.4) is 0 Å². The molecule has 0 spiro atoms. The second-order valence-electron chi connectivity index (χ2n) is 4.23. The largest absolute Gasteiger partial charge is 0.481 e. The van der Waals surface area contributed by atoms with Crippen LogP contribution in [0, 0.1) is 0 Å². The molecule has 17 heavy (non-hydrogen) atoms. The first-order valence-corrected chi connectivity index (χ1v) is 6.66. The van der Waals surface area contributed by atoms with Gasteiger partial charge in [-0.15, -0.1) is 11.3 Å². The molecule has 0 aromatic carbocycles. The number of aliphatic carboxylic acids is 1. The fourth-order valence-electron chi connectivity index (χ4n) is 1.97. The Labute approximate surface area is 105 Å². The zero-order valence-electron chi connectivity index (χ0n) is 9.71. The minimum atomic E-state index is -0.711. The minimum absolute atomic E-state index is 0.245. The van der Waals surface area contributed by atoms with E-state index in [1.807, 2.05) is 11.7 Å². The molecule has 6 heteroatoms. The molecule has 1 aliphatic heterocycles. The van der Waals surface area contributed by atoms with E-state index in [0.717, 1.165) is 32.7 Å². The SMILES string of the molecule is O=C(O)CCN1CCN(Cc2cncs2)CC1. The number of carboxylic acids is 1. The third kappa shape index (κ3) is 4.07. The van der Waals surface area contributed by atoms with Crippen LogP contribution in [0.2, 0.25) is 0 Å². The Bertz CT molecular complexity index is 348. The first-order valence-electron chi connectivity index (χ1n) is 5.78. The number of hydrogen-bond donors (Lipinski definition) is 1. The lowest BCUT2D eigenvalue weighted by atomic mass is 10.3. The minimum Gasteiger partial charge on any atom is -0.481 e. The molecule has 0 atom stereocenters. The van der Waals surface area contributed by atoms with Crippen molar-refractivity contribution in [1.29, 1.82) is 0 Å². The second kappa shape index (κ2) is 6.09. The molecule has 0 amide bonds. The van der Waals surface area contributed by atoms with Gasteiger partial charge in [-0.1, -0.05) is 0 Å². The molecule has 0 aliphatic carbocycles. The lowest BCUT2D eigenvalue weighted by Gasteiger charge is -2.34.